The Hall–Kier alpha value is -3.92. The molecular formula is C24H20FN3O5S. The molecule has 2 aromatic heterocycles. The van der Waals surface area contributed by atoms with Crippen molar-refractivity contribution in [1.29, 1.82) is 0 Å². The number of carbonyl (C=O) groups is 3. The Morgan fingerprint density at radius 2 is 2.03 bits per heavy atom. The van der Waals surface area contributed by atoms with Crippen molar-refractivity contribution in [3.63, 3.8) is 0 Å². The molecule has 1 N–H and O–H groups in total. The number of halogens is 1. The standard InChI is InChI=1S/C24H20FN3O5S/c1-4-33-23(32)21-13(3)27-24(34-21)28-18(15-6-5-9-26-11-15)17(20(30)22(28)31)19(29)14-8-7-12(2)16(25)10-14/h5-11,18,29H,4H2,1-3H3/b19-17-. The van der Waals surface area contributed by atoms with Crippen LogP contribution in [0.25, 0.3) is 5.76 Å². The van der Waals surface area contributed by atoms with Crippen LogP contribution in [-0.4, -0.2) is 39.3 Å². The number of aromatic nitrogens is 2. The van der Waals surface area contributed by atoms with E-state index in [9.17, 15) is 23.9 Å². The minimum Gasteiger partial charge on any atom is -0.507 e. The van der Waals surface area contributed by atoms with Crippen LogP contribution in [0.4, 0.5) is 9.52 Å². The average Bonchev–Trinajstić information content (AvgIpc) is 3.33. The Labute approximate surface area is 198 Å². The van der Waals surface area contributed by atoms with Gasteiger partial charge in [-0.1, -0.05) is 29.5 Å². The topological polar surface area (TPSA) is 110 Å². The second-order valence-corrected chi connectivity index (χ2v) is 8.53. The van der Waals surface area contributed by atoms with E-state index >= 15 is 0 Å². The third-order valence-corrected chi connectivity index (χ3v) is 6.48. The molecule has 1 fully saturated rings. The van der Waals surface area contributed by atoms with Gasteiger partial charge >= 0.3 is 11.9 Å². The number of benzene rings is 1. The first-order chi connectivity index (χ1) is 16.2. The van der Waals surface area contributed by atoms with E-state index in [2.05, 4.69) is 9.97 Å². The number of ether oxygens (including phenoxy) is 1. The summed E-state index contributed by atoms with van der Waals surface area (Å²) in [5, 5.41) is 11.1. The summed E-state index contributed by atoms with van der Waals surface area (Å²) in [5.74, 6) is -3.57. The smallest absolute Gasteiger partial charge is 0.350 e. The highest BCUT2D eigenvalue weighted by molar-refractivity contribution is 7.17. The van der Waals surface area contributed by atoms with Crippen LogP contribution in [0.1, 0.15) is 45.0 Å². The number of anilines is 1. The SMILES string of the molecule is CCOC(=O)c1sc(N2C(=O)C(=O)/C(=C(\O)c3ccc(C)c(F)c3)C2c2cccnc2)nc1C. The van der Waals surface area contributed by atoms with Gasteiger partial charge in [-0.25, -0.2) is 14.2 Å². The highest BCUT2D eigenvalue weighted by Crippen LogP contribution is 2.43. The Bertz CT molecular complexity index is 1340. The minimum atomic E-state index is -1.08. The molecule has 0 radical (unpaired) electrons. The maximum atomic E-state index is 14.2. The quantitative estimate of drug-likeness (QED) is 0.253. The number of rotatable bonds is 5. The molecule has 0 bridgehead atoms. The Morgan fingerprint density at radius 1 is 1.26 bits per heavy atom. The molecule has 8 nitrogen and oxygen atoms in total. The highest BCUT2D eigenvalue weighted by Gasteiger charge is 2.48. The molecule has 0 aliphatic carbocycles. The monoisotopic (exact) mass is 481 g/mol. The summed E-state index contributed by atoms with van der Waals surface area (Å²) in [7, 11) is 0. The lowest BCUT2D eigenvalue weighted by atomic mass is 9.96. The van der Waals surface area contributed by atoms with Gasteiger partial charge in [-0.05, 0) is 44.0 Å². The fourth-order valence-corrected chi connectivity index (χ4v) is 4.64. The van der Waals surface area contributed by atoms with E-state index in [0.29, 0.717) is 16.8 Å². The number of aliphatic hydroxyl groups excluding tert-OH is 1. The average molecular weight is 482 g/mol. The first-order valence-electron chi connectivity index (χ1n) is 10.4. The molecular weight excluding hydrogens is 461 g/mol. The van der Waals surface area contributed by atoms with Gasteiger partial charge in [-0.3, -0.25) is 19.5 Å². The van der Waals surface area contributed by atoms with Crippen molar-refractivity contribution in [3.8, 4) is 0 Å². The predicted molar refractivity (Wildman–Crippen MR) is 123 cm³/mol. The van der Waals surface area contributed by atoms with Gasteiger partial charge in [-0.15, -0.1) is 0 Å². The number of hydrogen-bond donors (Lipinski definition) is 1. The van der Waals surface area contributed by atoms with Gasteiger partial charge < -0.3 is 9.84 Å². The number of esters is 1. The second-order valence-electron chi connectivity index (χ2n) is 7.55. The summed E-state index contributed by atoms with van der Waals surface area (Å²) in [6, 6.07) is 6.22. The lowest BCUT2D eigenvalue weighted by molar-refractivity contribution is -0.132. The lowest BCUT2D eigenvalue weighted by Gasteiger charge is -2.22. The van der Waals surface area contributed by atoms with Gasteiger partial charge in [0, 0.05) is 18.0 Å². The van der Waals surface area contributed by atoms with Gasteiger partial charge in [0.15, 0.2) is 5.13 Å². The molecule has 1 unspecified atom stereocenters. The summed E-state index contributed by atoms with van der Waals surface area (Å²) in [5.41, 5.74) is 0.960. The van der Waals surface area contributed by atoms with E-state index in [0.717, 1.165) is 22.3 Å². The summed E-state index contributed by atoms with van der Waals surface area (Å²) in [6.07, 6.45) is 2.98. The predicted octanol–water partition coefficient (Wildman–Crippen LogP) is 4.10. The van der Waals surface area contributed by atoms with Gasteiger partial charge in [0.1, 0.15) is 16.5 Å². The maximum Gasteiger partial charge on any atom is 0.350 e. The number of aryl methyl sites for hydroxylation is 2. The van der Waals surface area contributed by atoms with Crippen LogP contribution in [0.2, 0.25) is 0 Å². The Morgan fingerprint density at radius 3 is 2.68 bits per heavy atom. The van der Waals surface area contributed by atoms with Crippen molar-refractivity contribution in [2.75, 3.05) is 11.5 Å². The molecule has 1 saturated heterocycles. The van der Waals surface area contributed by atoms with E-state index < -0.39 is 35.3 Å². The zero-order valence-electron chi connectivity index (χ0n) is 18.5. The van der Waals surface area contributed by atoms with E-state index in [1.807, 2.05) is 0 Å². The van der Waals surface area contributed by atoms with E-state index in [1.54, 1.807) is 32.9 Å². The summed E-state index contributed by atoms with van der Waals surface area (Å²) in [4.78, 5) is 48.3. The molecule has 1 amide bonds. The number of ketones is 1. The Kier molecular flexibility index (Phi) is 6.25. The summed E-state index contributed by atoms with van der Waals surface area (Å²) < 4.78 is 19.2. The first-order valence-corrected chi connectivity index (χ1v) is 11.2. The molecule has 174 valence electrons. The van der Waals surface area contributed by atoms with Crippen molar-refractivity contribution in [3.05, 3.63) is 81.4 Å². The number of nitrogens with zero attached hydrogens (tertiary/aromatic N) is 3. The van der Waals surface area contributed by atoms with E-state index in [4.69, 9.17) is 4.74 Å². The largest absolute Gasteiger partial charge is 0.507 e. The maximum absolute atomic E-state index is 14.2. The zero-order chi connectivity index (χ0) is 24.6. The lowest BCUT2D eigenvalue weighted by Crippen LogP contribution is -2.29. The molecule has 0 saturated carbocycles. The summed E-state index contributed by atoms with van der Waals surface area (Å²) in [6.45, 7) is 5.00. The number of carbonyl (C=O) groups excluding carboxylic acids is 3. The number of thiazole rings is 1. The van der Waals surface area contributed by atoms with Crippen molar-refractivity contribution in [2.45, 2.75) is 26.8 Å². The van der Waals surface area contributed by atoms with Crippen molar-refractivity contribution >= 4 is 39.9 Å². The fraction of sp³-hybridized carbons (Fsp3) is 0.208. The van der Waals surface area contributed by atoms with Crippen LogP contribution in [0, 0.1) is 19.7 Å². The molecule has 1 atom stereocenters. The number of aliphatic hydroxyl groups is 1. The Balaban J connectivity index is 1.90. The second kappa shape index (κ2) is 9.14. The van der Waals surface area contributed by atoms with Crippen molar-refractivity contribution < 1.29 is 28.6 Å². The van der Waals surface area contributed by atoms with Crippen LogP contribution >= 0.6 is 11.3 Å². The minimum absolute atomic E-state index is 0.0533. The third-order valence-electron chi connectivity index (χ3n) is 5.34. The molecule has 4 rings (SSSR count). The molecule has 34 heavy (non-hydrogen) atoms. The van der Waals surface area contributed by atoms with Crippen LogP contribution < -0.4 is 4.90 Å². The van der Waals surface area contributed by atoms with Crippen LogP contribution in [0.5, 0.6) is 0 Å². The van der Waals surface area contributed by atoms with Gasteiger partial charge in [-0.2, -0.15) is 0 Å². The molecule has 10 heteroatoms. The molecule has 1 aliphatic rings. The molecule has 0 spiro atoms. The normalized spacial score (nSPS) is 17.3. The summed E-state index contributed by atoms with van der Waals surface area (Å²) >= 11 is 0.906. The number of Topliss-reactive ketones (excluding diaryl/α,β-unsaturated/α-hetero) is 1. The molecule has 1 aliphatic heterocycles. The third kappa shape index (κ3) is 3.96. The van der Waals surface area contributed by atoms with Gasteiger partial charge in [0.25, 0.3) is 5.78 Å². The number of amides is 1. The molecule has 3 heterocycles. The van der Waals surface area contributed by atoms with Crippen LogP contribution in [-0.2, 0) is 14.3 Å². The van der Waals surface area contributed by atoms with Crippen LogP contribution in [0.15, 0.2) is 48.3 Å². The number of hydrogen-bond acceptors (Lipinski definition) is 8. The van der Waals surface area contributed by atoms with Crippen LogP contribution in [0.3, 0.4) is 0 Å². The van der Waals surface area contributed by atoms with Crippen molar-refractivity contribution in [1.82, 2.24) is 9.97 Å². The van der Waals surface area contributed by atoms with E-state index in [-0.39, 0.29) is 27.8 Å². The first kappa shape index (κ1) is 23.2. The molecule has 1 aromatic carbocycles. The zero-order valence-corrected chi connectivity index (χ0v) is 19.4. The highest BCUT2D eigenvalue weighted by atomic mass is 32.1. The van der Waals surface area contributed by atoms with Gasteiger partial charge in [0.05, 0.1) is 23.9 Å². The molecule has 3 aromatic rings. The van der Waals surface area contributed by atoms with E-state index in [1.165, 1.54) is 24.5 Å². The van der Waals surface area contributed by atoms with Crippen molar-refractivity contribution in [2.24, 2.45) is 0 Å². The fourth-order valence-electron chi connectivity index (χ4n) is 3.65. The van der Waals surface area contributed by atoms with Gasteiger partial charge in [0.2, 0.25) is 0 Å². The number of pyridine rings is 1.